The van der Waals surface area contributed by atoms with Crippen molar-refractivity contribution in [1.29, 1.82) is 0 Å². The van der Waals surface area contributed by atoms with Gasteiger partial charge < -0.3 is 10.2 Å². The Balaban J connectivity index is 2.39. The summed E-state index contributed by atoms with van der Waals surface area (Å²) in [5, 5.41) is 2.84. The van der Waals surface area contributed by atoms with Crippen LogP contribution in [0.15, 0.2) is 48.5 Å². The molecule has 35 heavy (non-hydrogen) atoms. The first-order chi connectivity index (χ1) is 16.3. The molecule has 1 atom stereocenters. The SMILES string of the molecule is CCCNC(=O)C(C)N(Cc1ccccc1C)C(=O)CN(c1ccc(C(C)(C)C)cc1)S(C)(=O)=O. The van der Waals surface area contributed by atoms with Crippen molar-refractivity contribution < 1.29 is 18.0 Å². The Morgan fingerprint density at radius 1 is 1.03 bits per heavy atom. The minimum atomic E-state index is -3.75. The maximum absolute atomic E-state index is 13.6. The average molecular weight is 502 g/mol. The van der Waals surface area contributed by atoms with E-state index in [2.05, 4.69) is 26.1 Å². The second kappa shape index (κ2) is 11.7. The molecule has 1 unspecified atom stereocenters. The molecule has 192 valence electrons. The summed E-state index contributed by atoms with van der Waals surface area (Å²) >= 11 is 0. The largest absolute Gasteiger partial charge is 0.354 e. The number of rotatable bonds is 10. The highest BCUT2D eigenvalue weighted by atomic mass is 32.2. The van der Waals surface area contributed by atoms with Crippen molar-refractivity contribution in [2.45, 2.75) is 66.0 Å². The highest BCUT2D eigenvalue weighted by Crippen LogP contribution is 2.26. The molecule has 2 amide bonds. The minimum Gasteiger partial charge on any atom is -0.354 e. The number of sulfonamides is 1. The van der Waals surface area contributed by atoms with Gasteiger partial charge in [0.25, 0.3) is 0 Å². The third kappa shape index (κ3) is 7.82. The fourth-order valence-corrected chi connectivity index (χ4v) is 4.54. The lowest BCUT2D eigenvalue weighted by Gasteiger charge is -2.32. The molecular formula is C27H39N3O4S. The second-order valence-corrected chi connectivity index (χ2v) is 11.9. The van der Waals surface area contributed by atoms with Gasteiger partial charge in [-0.1, -0.05) is 64.1 Å². The van der Waals surface area contributed by atoms with Gasteiger partial charge in [-0.3, -0.25) is 13.9 Å². The lowest BCUT2D eigenvalue weighted by Crippen LogP contribution is -2.51. The summed E-state index contributed by atoms with van der Waals surface area (Å²) in [6.45, 7) is 12.1. The Bertz CT molecular complexity index is 1120. The Morgan fingerprint density at radius 3 is 2.14 bits per heavy atom. The molecule has 2 rings (SSSR count). The zero-order chi connectivity index (χ0) is 26.4. The van der Waals surface area contributed by atoms with Crippen LogP contribution in [0.3, 0.4) is 0 Å². The van der Waals surface area contributed by atoms with E-state index in [4.69, 9.17) is 0 Å². The number of benzene rings is 2. The first-order valence-electron chi connectivity index (χ1n) is 12.0. The molecular weight excluding hydrogens is 462 g/mol. The molecule has 0 saturated heterocycles. The van der Waals surface area contributed by atoms with E-state index < -0.39 is 28.5 Å². The quantitative estimate of drug-likeness (QED) is 0.533. The van der Waals surface area contributed by atoms with E-state index >= 15 is 0 Å². The van der Waals surface area contributed by atoms with Gasteiger partial charge in [-0.15, -0.1) is 0 Å². The number of aryl methyl sites for hydroxylation is 1. The van der Waals surface area contributed by atoms with Crippen LogP contribution in [0.1, 0.15) is 57.7 Å². The number of hydrogen-bond donors (Lipinski definition) is 1. The normalized spacial score (nSPS) is 12.7. The molecule has 0 spiro atoms. The molecule has 0 bridgehead atoms. The van der Waals surface area contributed by atoms with Crippen molar-refractivity contribution in [3.05, 3.63) is 65.2 Å². The summed E-state index contributed by atoms with van der Waals surface area (Å²) in [4.78, 5) is 27.8. The Kier molecular flexibility index (Phi) is 9.49. The van der Waals surface area contributed by atoms with E-state index in [1.807, 2.05) is 50.2 Å². The van der Waals surface area contributed by atoms with Gasteiger partial charge in [0.15, 0.2) is 0 Å². The maximum Gasteiger partial charge on any atom is 0.244 e. The van der Waals surface area contributed by atoms with Crippen molar-refractivity contribution in [1.82, 2.24) is 10.2 Å². The first-order valence-corrected chi connectivity index (χ1v) is 13.8. The number of nitrogens with one attached hydrogen (secondary N) is 1. The molecule has 0 heterocycles. The predicted molar refractivity (Wildman–Crippen MR) is 142 cm³/mol. The smallest absolute Gasteiger partial charge is 0.244 e. The molecule has 2 aromatic carbocycles. The topological polar surface area (TPSA) is 86.8 Å². The van der Waals surface area contributed by atoms with Gasteiger partial charge in [-0.2, -0.15) is 0 Å². The van der Waals surface area contributed by atoms with Crippen LogP contribution in [0, 0.1) is 6.92 Å². The predicted octanol–water partition coefficient (Wildman–Crippen LogP) is 4.00. The zero-order valence-electron chi connectivity index (χ0n) is 22.0. The summed E-state index contributed by atoms with van der Waals surface area (Å²) in [5.41, 5.74) is 3.27. The minimum absolute atomic E-state index is 0.0874. The summed E-state index contributed by atoms with van der Waals surface area (Å²) in [5.74, 6) is -0.716. The van der Waals surface area contributed by atoms with Crippen molar-refractivity contribution in [2.75, 3.05) is 23.7 Å². The summed E-state index contributed by atoms with van der Waals surface area (Å²) in [7, 11) is -3.75. The standard InChI is InChI=1S/C27H39N3O4S/c1-8-17-28-26(32)21(3)29(18-22-12-10-9-11-20(22)2)25(31)19-30(35(7,33)34)24-15-13-23(14-16-24)27(4,5)6/h9-16,21H,8,17-19H2,1-7H3,(H,28,32). The van der Waals surface area contributed by atoms with Crippen LogP contribution in [0.2, 0.25) is 0 Å². The molecule has 1 N–H and O–H groups in total. The Labute approximate surface area is 210 Å². The molecule has 0 radical (unpaired) electrons. The Hall–Kier alpha value is -2.87. The van der Waals surface area contributed by atoms with Crippen LogP contribution < -0.4 is 9.62 Å². The first kappa shape index (κ1) is 28.4. The van der Waals surface area contributed by atoms with Gasteiger partial charge in [0.05, 0.1) is 11.9 Å². The van der Waals surface area contributed by atoms with Crippen molar-refractivity contribution in [2.24, 2.45) is 0 Å². The van der Waals surface area contributed by atoms with E-state index in [0.717, 1.165) is 33.7 Å². The molecule has 7 nitrogen and oxygen atoms in total. The summed E-state index contributed by atoms with van der Waals surface area (Å²) < 4.78 is 26.5. The van der Waals surface area contributed by atoms with Crippen molar-refractivity contribution in [3.8, 4) is 0 Å². The number of hydrogen-bond acceptors (Lipinski definition) is 4. The summed E-state index contributed by atoms with van der Waals surface area (Å²) in [6.07, 6.45) is 1.86. The zero-order valence-corrected chi connectivity index (χ0v) is 22.8. The monoisotopic (exact) mass is 501 g/mol. The van der Waals surface area contributed by atoms with Crippen LogP contribution in [-0.2, 0) is 31.6 Å². The Morgan fingerprint density at radius 2 is 1.63 bits per heavy atom. The molecule has 0 aromatic heterocycles. The highest BCUT2D eigenvalue weighted by molar-refractivity contribution is 7.92. The van der Waals surface area contributed by atoms with Gasteiger partial charge in [0.2, 0.25) is 21.8 Å². The van der Waals surface area contributed by atoms with Crippen LogP contribution in [0.25, 0.3) is 0 Å². The third-order valence-corrected chi connectivity index (χ3v) is 7.16. The maximum atomic E-state index is 13.6. The average Bonchev–Trinajstić information content (AvgIpc) is 2.78. The fraction of sp³-hybridized carbons (Fsp3) is 0.481. The van der Waals surface area contributed by atoms with Crippen LogP contribution in [0.5, 0.6) is 0 Å². The number of amides is 2. The molecule has 8 heteroatoms. The van der Waals surface area contributed by atoms with Crippen LogP contribution in [0.4, 0.5) is 5.69 Å². The summed E-state index contributed by atoms with van der Waals surface area (Å²) in [6, 6.07) is 14.1. The van der Waals surface area contributed by atoms with Crippen molar-refractivity contribution >= 4 is 27.5 Å². The fourth-order valence-electron chi connectivity index (χ4n) is 3.69. The van der Waals surface area contributed by atoms with E-state index in [-0.39, 0.29) is 17.9 Å². The van der Waals surface area contributed by atoms with E-state index in [0.29, 0.717) is 12.2 Å². The van der Waals surface area contributed by atoms with Crippen LogP contribution >= 0.6 is 0 Å². The lowest BCUT2D eigenvalue weighted by atomic mass is 9.87. The molecule has 0 saturated carbocycles. The van der Waals surface area contributed by atoms with Gasteiger partial charge >= 0.3 is 0 Å². The number of anilines is 1. The van der Waals surface area contributed by atoms with E-state index in [1.165, 1.54) is 4.90 Å². The van der Waals surface area contributed by atoms with Crippen molar-refractivity contribution in [3.63, 3.8) is 0 Å². The molecule has 0 aliphatic carbocycles. The van der Waals surface area contributed by atoms with E-state index in [9.17, 15) is 18.0 Å². The molecule has 0 fully saturated rings. The highest BCUT2D eigenvalue weighted by Gasteiger charge is 2.30. The third-order valence-electron chi connectivity index (χ3n) is 6.02. The lowest BCUT2D eigenvalue weighted by molar-refractivity contribution is -0.139. The number of carbonyl (C=O) groups is 2. The van der Waals surface area contributed by atoms with Crippen LogP contribution in [-0.4, -0.2) is 50.5 Å². The van der Waals surface area contributed by atoms with Gasteiger partial charge in [-0.05, 0) is 54.5 Å². The van der Waals surface area contributed by atoms with Gasteiger partial charge in [0.1, 0.15) is 12.6 Å². The van der Waals surface area contributed by atoms with E-state index in [1.54, 1.807) is 19.1 Å². The molecule has 2 aromatic rings. The molecule has 0 aliphatic heterocycles. The van der Waals surface area contributed by atoms with Gasteiger partial charge in [0, 0.05) is 13.1 Å². The number of nitrogens with zero attached hydrogens (tertiary/aromatic N) is 2. The molecule has 0 aliphatic rings. The van der Waals surface area contributed by atoms with Gasteiger partial charge in [-0.25, -0.2) is 8.42 Å². The number of carbonyl (C=O) groups excluding carboxylic acids is 2. The second-order valence-electron chi connectivity index (χ2n) is 9.98.